The van der Waals surface area contributed by atoms with Crippen LogP contribution in [0.15, 0.2) is 73.1 Å². The van der Waals surface area contributed by atoms with Crippen LogP contribution in [0.25, 0.3) is 44.4 Å². The van der Waals surface area contributed by atoms with Crippen LogP contribution in [0.1, 0.15) is 43.9 Å². The summed E-state index contributed by atoms with van der Waals surface area (Å²) in [5.41, 5.74) is 11.6. The average Bonchev–Trinajstić information content (AvgIpc) is 3.91. The second-order valence-corrected chi connectivity index (χ2v) is 11.9. The van der Waals surface area contributed by atoms with Crippen molar-refractivity contribution in [3.05, 3.63) is 84.7 Å². The van der Waals surface area contributed by atoms with Crippen LogP contribution in [0.4, 0.5) is 4.79 Å². The van der Waals surface area contributed by atoms with Gasteiger partial charge in [0.1, 0.15) is 18.2 Å². The number of H-pyrrole nitrogens is 2. The van der Waals surface area contributed by atoms with Crippen LogP contribution in [0, 0.1) is 0 Å². The molecule has 6 rings (SSSR count). The number of rotatable bonds is 11. The topological polar surface area (TPSA) is 162 Å². The van der Waals surface area contributed by atoms with Crippen LogP contribution in [0.2, 0.25) is 0 Å². The molecule has 1 atom stereocenters. The van der Waals surface area contributed by atoms with Gasteiger partial charge in [-0.15, -0.1) is 0 Å². The van der Waals surface area contributed by atoms with E-state index in [9.17, 15) is 14.4 Å². The van der Waals surface area contributed by atoms with Crippen LogP contribution in [0.3, 0.4) is 0 Å². The average molecular weight is 649 g/mol. The fraction of sp³-hybridized carbons (Fsp3) is 0.306. The lowest BCUT2D eigenvalue weighted by molar-refractivity contribution is -0.131. The molecule has 1 aliphatic rings. The summed E-state index contributed by atoms with van der Waals surface area (Å²) in [6, 6.07) is 21.0. The van der Waals surface area contributed by atoms with Crippen molar-refractivity contribution >= 4 is 28.7 Å². The van der Waals surface area contributed by atoms with Crippen LogP contribution >= 0.6 is 0 Å². The zero-order valence-corrected chi connectivity index (χ0v) is 27.2. The van der Waals surface area contributed by atoms with Crippen molar-refractivity contribution in [1.29, 1.82) is 0 Å². The summed E-state index contributed by atoms with van der Waals surface area (Å²) in [6.45, 7) is 3.43. The second kappa shape index (κ2) is 14.5. The number of nitrogens with zero attached hydrogens (tertiary/aromatic N) is 4. The van der Waals surface area contributed by atoms with Gasteiger partial charge in [-0.2, -0.15) is 0 Å². The summed E-state index contributed by atoms with van der Waals surface area (Å²) in [7, 11) is 1.26. The Hall–Kier alpha value is -5.49. The molecule has 2 aromatic heterocycles. The standard InChI is InChI=1S/C36H40N8O4/c1-3-14-43(34(46)21-40-36(47)48-2)22-32-38-19-30(41-32)28-13-12-26-16-25(10-11-27(26)17-28)23-6-8-24(9-7-23)29-20-39-35(42-29)31-5-4-15-44(31)33(45)18-37/h6-13,16-17,19-20,31H,3-5,14-15,18,21-22,37H2,1-2H3,(H,38,41)(H,39,42)(H,40,47)/t31-/m0/s1. The number of fused-ring (bicyclic) bond motifs is 1. The molecule has 0 saturated carbocycles. The highest BCUT2D eigenvalue weighted by atomic mass is 16.5. The van der Waals surface area contributed by atoms with Gasteiger partial charge in [-0.1, -0.05) is 55.5 Å². The minimum atomic E-state index is -0.642. The van der Waals surface area contributed by atoms with Crippen LogP contribution in [-0.4, -0.2) is 80.9 Å². The molecule has 48 heavy (non-hydrogen) atoms. The number of nitrogens with two attached hydrogens (primary N) is 1. The number of likely N-dealkylation sites (tertiary alicyclic amines) is 1. The molecule has 12 nitrogen and oxygen atoms in total. The Bertz CT molecular complexity index is 1910. The Balaban J connectivity index is 1.13. The number of imidazole rings is 2. The Morgan fingerprint density at radius 1 is 0.938 bits per heavy atom. The van der Waals surface area contributed by atoms with Crippen LogP contribution in [0.5, 0.6) is 0 Å². The molecule has 0 spiro atoms. The van der Waals surface area contributed by atoms with Crippen LogP contribution < -0.4 is 11.1 Å². The van der Waals surface area contributed by atoms with E-state index in [0.717, 1.165) is 69.5 Å². The molecule has 0 bridgehead atoms. The van der Waals surface area contributed by atoms with Gasteiger partial charge in [0.05, 0.1) is 50.0 Å². The number of hydrogen-bond acceptors (Lipinski definition) is 7. The molecule has 0 unspecified atom stereocenters. The van der Waals surface area contributed by atoms with E-state index >= 15 is 0 Å². The molecule has 3 heterocycles. The highest BCUT2D eigenvalue weighted by Crippen LogP contribution is 2.33. The summed E-state index contributed by atoms with van der Waals surface area (Å²) in [5, 5.41) is 4.66. The molecule has 5 N–H and O–H groups in total. The summed E-state index contributed by atoms with van der Waals surface area (Å²) in [5.74, 6) is 1.21. The van der Waals surface area contributed by atoms with Crippen molar-refractivity contribution in [1.82, 2.24) is 35.1 Å². The summed E-state index contributed by atoms with van der Waals surface area (Å²) in [4.78, 5) is 55.7. The van der Waals surface area contributed by atoms with E-state index in [1.807, 2.05) is 18.0 Å². The van der Waals surface area contributed by atoms with E-state index in [1.54, 1.807) is 11.1 Å². The zero-order chi connectivity index (χ0) is 33.6. The van der Waals surface area contributed by atoms with Gasteiger partial charge in [-0.05, 0) is 58.9 Å². The maximum Gasteiger partial charge on any atom is 0.407 e. The van der Waals surface area contributed by atoms with Gasteiger partial charge in [0.2, 0.25) is 11.8 Å². The highest BCUT2D eigenvalue weighted by Gasteiger charge is 2.31. The van der Waals surface area contributed by atoms with Gasteiger partial charge in [-0.3, -0.25) is 9.59 Å². The molecule has 3 amide bonds. The zero-order valence-electron chi connectivity index (χ0n) is 27.2. The van der Waals surface area contributed by atoms with Gasteiger partial charge in [0.15, 0.2) is 0 Å². The van der Waals surface area contributed by atoms with Crippen molar-refractivity contribution in [2.24, 2.45) is 5.73 Å². The minimum absolute atomic E-state index is 0.00981. The first-order valence-corrected chi connectivity index (χ1v) is 16.2. The molecular formula is C36H40N8O4. The van der Waals surface area contributed by atoms with Gasteiger partial charge in [-0.25, -0.2) is 14.8 Å². The monoisotopic (exact) mass is 648 g/mol. The summed E-state index contributed by atoms with van der Waals surface area (Å²) in [6.07, 6.45) is 5.56. The number of aromatic amines is 2. The number of carbonyl (C=O) groups excluding carboxylic acids is 3. The molecule has 3 aromatic carbocycles. The first-order chi connectivity index (χ1) is 23.4. The molecule has 12 heteroatoms. The van der Waals surface area contributed by atoms with Crippen molar-refractivity contribution in [2.75, 3.05) is 33.3 Å². The third-order valence-electron chi connectivity index (χ3n) is 8.72. The quantitative estimate of drug-likeness (QED) is 0.157. The molecule has 0 aliphatic carbocycles. The maximum absolute atomic E-state index is 12.7. The number of nitrogens with one attached hydrogen (secondary N) is 3. The predicted molar refractivity (Wildman–Crippen MR) is 183 cm³/mol. The fourth-order valence-electron chi connectivity index (χ4n) is 6.22. The van der Waals surface area contributed by atoms with E-state index in [-0.39, 0.29) is 30.9 Å². The largest absolute Gasteiger partial charge is 0.453 e. The molecule has 1 saturated heterocycles. The Morgan fingerprint density at radius 3 is 2.33 bits per heavy atom. The van der Waals surface area contributed by atoms with Crippen molar-refractivity contribution in [3.8, 4) is 33.6 Å². The molecule has 1 aliphatic heterocycles. The number of carbonyl (C=O) groups is 3. The fourth-order valence-corrected chi connectivity index (χ4v) is 6.22. The van der Waals surface area contributed by atoms with Gasteiger partial charge < -0.3 is 35.6 Å². The maximum atomic E-state index is 12.7. The third-order valence-corrected chi connectivity index (χ3v) is 8.72. The predicted octanol–water partition coefficient (Wildman–Crippen LogP) is 5.00. The van der Waals surface area contributed by atoms with Gasteiger partial charge >= 0.3 is 6.09 Å². The smallest absolute Gasteiger partial charge is 0.407 e. The minimum Gasteiger partial charge on any atom is -0.453 e. The number of ether oxygens (including phenoxy) is 1. The lowest BCUT2D eigenvalue weighted by Crippen LogP contribution is -2.40. The number of methoxy groups -OCH3 is 1. The Morgan fingerprint density at radius 2 is 1.60 bits per heavy atom. The number of aromatic nitrogens is 4. The normalized spacial score (nSPS) is 14.3. The van der Waals surface area contributed by atoms with E-state index in [2.05, 4.69) is 90.7 Å². The van der Waals surface area contributed by atoms with Crippen molar-refractivity contribution in [2.45, 2.75) is 38.8 Å². The van der Waals surface area contributed by atoms with Gasteiger partial charge in [0, 0.05) is 18.7 Å². The van der Waals surface area contributed by atoms with Crippen molar-refractivity contribution < 1.29 is 19.1 Å². The first-order valence-electron chi connectivity index (χ1n) is 16.2. The molecule has 5 aromatic rings. The number of hydrogen-bond donors (Lipinski definition) is 4. The Kier molecular flexibility index (Phi) is 9.81. The lowest BCUT2D eigenvalue weighted by Gasteiger charge is -2.22. The summed E-state index contributed by atoms with van der Waals surface area (Å²) < 4.78 is 4.56. The van der Waals surface area contributed by atoms with Crippen molar-refractivity contribution in [3.63, 3.8) is 0 Å². The molecule has 248 valence electrons. The number of benzene rings is 3. The molecule has 0 radical (unpaired) electrons. The molecule has 1 fully saturated rings. The Labute approximate surface area is 278 Å². The van der Waals surface area contributed by atoms with E-state index in [4.69, 9.17) is 5.73 Å². The lowest BCUT2D eigenvalue weighted by atomic mass is 9.98. The second-order valence-electron chi connectivity index (χ2n) is 11.9. The van der Waals surface area contributed by atoms with E-state index in [1.165, 1.54) is 7.11 Å². The number of alkyl carbamates (subject to hydrolysis) is 1. The first kappa shape index (κ1) is 32.5. The van der Waals surface area contributed by atoms with E-state index < -0.39 is 6.09 Å². The van der Waals surface area contributed by atoms with Gasteiger partial charge in [0.25, 0.3) is 0 Å². The van der Waals surface area contributed by atoms with E-state index in [0.29, 0.717) is 25.5 Å². The highest BCUT2D eigenvalue weighted by molar-refractivity contribution is 5.90. The van der Waals surface area contributed by atoms with Crippen LogP contribution in [-0.2, 0) is 20.9 Å². The number of amides is 3. The SMILES string of the molecule is CCCN(Cc1ncc(-c2ccc3cc(-c4ccc(-c5cnc([C@@H]6CCCN6C(=O)CN)[nH]5)cc4)ccc3c2)[nH]1)C(=O)CNC(=O)OC. The third kappa shape index (κ3) is 7.08. The summed E-state index contributed by atoms with van der Waals surface area (Å²) >= 11 is 0. The molecular weight excluding hydrogens is 608 g/mol.